The summed E-state index contributed by atoms with van der Waals surface area (Å²) in [5.41, 5.74) is 4.94. The molecule has 0 spiro atoms. The van der Waals surface area contributed by atoms with Crippen molar-refractivity contribution < 1.29 is 8.78 Å². The number of hydrogen-bond donors (Lipinski definition) is 1. The van der Waals surface area contributed by atoms with E-state index >= 15 is 0 Å². The molecule has 0 bridgehead atoms. The van der Waals surface area contributed by atoms with E-state index in [-0.39, 0.29) is 5.82 Å². The fourth-order valence-electron chi connectivity index (χ4n) is 4.03. The highest BCUT2D eigenvalue weighted by atomic mass is 19.1. The van der Waals surface area contributed by atoms with E-state index < -0.39 is 17.3 Å². The van der Waals surface area contributed by atoms with Gasteiger partial charge in [0, 0.05) is 30.3 Å². The molecule has 156 valence electrons. The quantitative estimate of drug-likeness (QED) is 0.481. The lowest BCUT2D eigenvalue weighted by molar-refractivity contribution is 0.564. The molecule has 0 saturated carbocycles. The van der Waals surface area contributed by atoms with Gasteiger partial charge in [-0.05, 0) is 36.6 Å². The third kappa shape index (κ3) is 2.77. The number of fused-ring (bicyclic) bond motifs is 3. The van der Waals surface area contributed by atoms with Crippen LogP contribution in [-0.2, 0) is 13.5 Å². The van der Waals surface area contributed by atoms with Crippen molar-refractivity contribution in [3.63, 3.8) is 0 Å². The van der Waals surface area contributed by atoms with Crippen molar-refractivity contribution in [2.45, 2.75) is 20.3 Å². The fourth-order valence-corrected chi connectivity index (χ4v) is 4.03. The summed E-state index contributed by atoms with van der Waals surface area (Å²) in [6, 6.07) is 4.62. The van der Waals surface area contributed by atoms with Crippen LogP contribution in [0, 0.1) is 18.6 Å². The second kappa shape index (κ2) is 6.83. The molecular formula is C22H18F2N6O. The summed E-state index contributed by atoms with van der Waals surface area (Å²) in [4.78, 5) is 21.4. The van der Waals surface area contributed by atoms with Gasteiger partial charge in [0.15, 0.2) is 11.6 Å². The van der Waals surface area contributed by atoms with Gasteiger partial charge in [0.05, 0.1) is 34.6 Å². The van der Waals surface area contributed by atoms with Gasteiger partial charge in [0.2, 0.25) is 0 Å². The largest absolute Gasteiger partial charge is 0.334 e. The maximum atomic E-state index is 14.6. The van der Waals surface area contributed by atoms with E-state index in [2.05, 4.69) is 27.1 Å². The first-order valence-electron chi connectivity index (χ1n) is 9.76. The van der Waals surface area contributed by atoms with Crippen LogP contribution in [0.4, 0.5) is 8.78 Å². The van der Waals surface area contributed by atoms with E-state index in [0.717, 1.165) is 35.0 Å². The molecule has 0 unspecified atom stereocenters. The van der Waals surface area contributed by atoms with Crippen LogP contribution in [0.5, 0.6) is 0 Å². The normalized spacial score (nSPS) is 11.6. The predicted molar refractivity (Wildman–Crippen MR) is 113 cm³/mol. The third-order valence-electron chi connectivity index (χ3n) is 5.61. The zero-order chi connectivity index (χ0) is 21.9. The average Bonchev–Trinajstić information content (AvgIpc) is 3.29. The molecular weight excluding hydrogens is 402 g/mol. The molecule has 0 fully saturated rings. The number of imidazole rings is 1. The van der Waals surface area contributed by atoms with Crippen molar-refractivity contribution in [2.75, 3.05) is 0 Å². The number of hydrogen-bond acceptors (Lipinski definition) is 4. The number of pyridine rings is 2. The highest BCUT2D eigenvalue weighted by Crippen LogP contribution is 2.33. The van der Waals surface area contributed by atoms with Crippen molar-refractivity contribution in [3.8, 4) is 16.9 Å². The van der Waals surface area contributed by atoms with Crippen molar-refractivity contribution in [1.29, 1.82) is 0 Å². The molecule has 9 heteroatoms. The van der Waals surface area contributed by atoms with Crippen LogP contribution >= 0.6 is 0 Å². The van der Waals surface area contributed by atoms with Crippen molar-refractivity contribution in [1.82, 2.24) is 29.3 Å². The number of rotatable bonds is 3. The van der Waals surface area contributed by atoms with E-state index in [1.54, 1.807) is 13.2 Å². The summed E-state index contributed by atoms with van der Waals surface area (Å²) in [6.07, 6.45) is 5.07. The van der Waals surface area contributed by atoms with Crippen LogP contribution in [-0.4, -0.2) is 29.3 Å². The van der Waals surface area contributed by atoms with Crippen LogP contribution in [0.1, 0.15) is 18.2 Å². The number of nitrogens with one attached hydrogen (secondary N) is 1. The Morgan fingerprint density at radius 1 is 1.10 bits per heavy atom. The monoisotopic (exact) mass is 420 g/mol. The Morgan fingerprint density at radius 2 is 1.90 bits per heavy atom. The van der Waals surface area contributed by atoms with Gasteiger partial charge in [-0.3, -0.25) is 14.6 Å². The number of aromatic nitrogens is 6. The SMILES string of the molecule is CCc1cc2ncc3c(c2cc1-c1c[nH]nc1C)n(-c1ncc(F)cc1F)c(=O)n3C. The maximum absolute atomic E-state index is 14.6. The van der Waals surface area contributed by atoms with Crippen LogP contribution in [0.3, 0.4) is 0 Å². The molecule has 0 aliphatic rings. The zero-order valence-corrected chi connectivity index (χ0v) is 17.1. The predicted octanol–water partition coefficient (Wildman–Crippen LogP) is 3.81. The summed E-state index contributed by atoms with van der Waals surface area (Å²) in [6.45, 7) is 3.96. The van der Waals surface area contributed by atoms with E-state index in [1.165, 1.54) is 9.13 Å². The number of halogens is 2. The number of aryl methyl sites for hydroxylation is 3. The van der Waals surface area contributed by atoms with Crippen LogP contribution < -0.4 is 5.69 Å². The first-order chi connectivity index (χ1) is 14.9. The lowest BCUT2D eigenvalue weighted by Gasteiger charge is -2.11. The molecule has 0 radical (unpaired) electrons. The van der Waals surface area contributed by atoms with Crippen LogP contribution in [0.15, 0.2) is 41.6 Å². The van der Waals surface area contributed by atoms with Crippen molar-refractivity contribution >= 4 is 21.9 Å². The van der Waals surface area contributed by atoms with Gasteiger partial charge in [-0.1, -0.05) is 6.92 Å². The first kappa shape index (κ1) is 19.1. The average molecular weight is 420 g/mol. The first-order valence-corrected chi connectivity index (χ1v) is 9.76. The number of aromatic amines is 1. The standard InChI is InChI=1S/C22H18F2N6O/c1-4-12-5-18-15(7-14(12)16-9-27-28-11(16)2)20-19(10-25-18)29(3)22(31)30(20)21-17(24)6-13(23)8-26-21/h5-10H,4H2,1-3H3,(H,27,28). The topological polar surface area (TPSA) is 81.4 Å². The van der Waals surface area contributed by atoms with Gasteiger partial charge in [0.25, 0.3) is 0 Å². The fraction of sp³-hybridized carbons (Fsp3) is 0.182. The van der Waals surface area contributed by atoms with Crippen molar-refractivity contribution in [3.05, 3.63) is 70.2 Å². The molecule has 0 amide bonds. The van der Waals surface area contributed by atoms with E-state index in [4.69, 9.17) is 0 Å². The minimum absolute atomic E-state index is 0.259. The summed E-state index contributed by atoms with van der Waals surface area (Å²) in [7, 11) is 1.58. The molecule has 31 heavy (non-hydrogen) atoms. The van der Waals surface area contributed by atoms with Gasteiger partial charge in [-0.2, -0.15) is 5.10 Å². The smallest absolute Gasteiger partial charge is 0.293 e. The molecule has 1 N–H and O–H groups in total. The minimum atomic E-state index is -0.921. The highest BCUT2D eigenvalue weighted by Gasteiger charge is 2.21. The van der Waals surface area contributed by atoms with Gasteiger partial charge >= 0.3 is 5.69 Å². The summed E-state index contributed by atoms with van der Waals surface area (Å²) in [5, 5.41) is 7.76. The number of H-pyrrole nitrogens is 1. The maximum Gasteiger partial charge on any atom is 0.334 e. The van der Waals surface area contributed by atoms with E-state index in [1.807, 2.05) is 25.3 Å². The molecule has 0 saturated heterocycles. The third-order valence-corrected chi connectivity index (χ3v) is 5.61. The van der Waals surface area contributed by atoms with Gasteiger partial charge in [-0.15, -0.1) is 0 Å². The zero-order valence-electron chi connectivity index (χ0n) is 17.1. The summed E-state index contributed by atoms with van der Waals surface area (Å²) >= 11 is 0. The van der Waals surface area contributed by atoms with Gasteiger partial charge < -0.3 is 0 Å². The molecule has 1 aromatic carbocycles. The Morgan fingerprint density at radius 3 is 2.58 bits per heavy atom. The van der Waals surface area contributed by atoms with E-state index in [9.17, 15) is 13.6 Å². The number of nitrogens with zero attached hydrogens (tertiary/aromatic N) is 5. The Balaban J connectivity index is 1.95. The summed E-state index contributed by atoms with van der Waals surface area (Å²) in [5.74, 6) is -1.99. The molecule has 0 atom stereocenters. The second-order valence-electron chi connectivity index (χ2n) is 7.39. The lowest BCUT2D eigenvalue weighted by Crippen LogP contribution is -2.22. The van der Waals surface area contributed by atoms with Gasteiger partial charge in [0.1, 0.15) is 5.82 Å². The van der Waals surface area contributed by atoms with Crippen LogP contribution in [0.2, 0.25) is 0 Å². The Kier molecular flexibility index (Phi) is 4.21. The lowest BCUT2D eigenvalue weighted by atomic mass is 9.96. The molecule has 0 aliphatic carbocycles. The molecule has 5 aromatic rings. The van der Waals surface area contributed by atoms with Crippen molar-refractivity contribution in [2.24, 2.45) is 7.05 Å². The Hall–Kier alpha value is -3.88. The van der Waals surface area contributed by atoms with Gasteiger partial charge in [-0.25, -0.2) is 23.1 Å². The summed E-state index contributed by atoms with van der Waals surface area (Å²) < 4.78 is 30.6. The Bertz CT molecular complexity index is 1550. The molecule has 4 aromatic heterocycles. The molecule has 4 heterocycles. The Labute approximate surface area is 175 Å². The molecule has 5 rings (SSSR count). The number of benzene rings is 1. The van der Waals surface area contributed by atoms with E-state index in [0.29, 0.717) is 28.0 Å². The molecule has 0 aliphatic heterocycles. The molecule has 7 nitrogen and oxygen atoms in total. The minimum Gasteiger partial charge on any atom is -0.293 e. The van der Waals surface area contributed by atoms with Crippen LogP contribution in [0.25, 0.3) is 38.9 Å². The second-order valence-corrected chi connectivity index (χ2v) is 7.39. The highest BCUT2D eigenvalue weighted by molar-refractivity contribution is 6.05.